The predicted octanol–water partition coefficient (Wildman–Crippen LogP) is 1.87. The Labute approximate surface area is 109 Å². The lowest BCUT2D eigenvalue weighted by atomic mass is 9.96. The van der Waals surface area contributed by atoms with Gasteiger partial charge in [0.05, 0.1) is 0 Å². The lowest BCUT2D eigenvalue weighted by Gasteiger charge is -2.33. The summed E-state index contributed by atoms with van der Waals surface area (Å²) >= 11 is 2.28. The first-order chi connectivity index (χ1) is 7.48. The van der Waals surface area contributed by atoms with Crippen molar-refractivity contribution in [2.45, 2.75) is 44.1 Å². The maximum Gasteiger partial charge on any atom is 0.164 e. The highest BCUT2D eigenvalue weighted by Gasteiger charge is 2.51. The third kappa shape index (κ3) is 2.15. The van der Waals surface area contributed by atoms with Crippen LogP contribution in [-0.2, 0) is 18.9 Å². The van der Waals surface area contributed by atoms with Crippen LogP contribution in [0, 0.1) is 0 Å². The van der Waals surface area contributed by atoms with Gasteiger partial charge >= 0.3 is 0 Å². The Hall–Kier alpha value is 0.310. The Morgan fingerprint density at radius 2 is 1.94 bits per heavy atom. The first kappa shape index (κ1) is 12.8. The fourth-order valence-electron chi connectivity index (χ4n) is 2.25. The zero-order chi connectivity index (χ0) is 11.9. The molecule has 0 aromatic rings. The zero-order valence-corrected chi connectivity index (χ0v) is 12.1. The Morgan fingerprint density at radius 1 is 1.25 bits per heavy atom. The summed E-state index contributed by atoms with van der Waals surface area (Å²) in [6, 6.07) is 0. The molecule has 0 aromatic heterocycles. The summed E-state index contributed by atoms with van der Waals surface area (Å²) in [5.41, 5.74) is 0. The van der Waals surface area contributed by atoms with E-state index in [4.69, 9.17) is 18.9 Å². The Morgan fingerprint density at radius 3 is 2.50 bits per heavy atom. The van der Waals surface area contributed by atoms with Crippen molar-refractivity contribution in [3.63, 3.8) is 0 Å². The van der Waals surface area contributed by atoms with Gasteiger partial charge in [0, 0.05) is 17.8 Å². The van der Waals surface area contributed by atoms with Gasteiger partial charge in [-0.3, -0.25) is 0 Å². The van der Waals surface area contributed by atoms with Crippen LogP contribution in [-0.4, -0.2) is 44.4 Å². The van der Waals surface area contributed by atoms with Gasteiger partial charge in [-0.25, -0.2) is 0 Å². The fourth-order valence-corrected chi connectivity index (χ4v) is 3.08. The lowest BCUT2D eigenvalue weighted by molar-refractivity contribution is -0.163. The third-order valence-electron chi connectivity index (χ3n) is 2.92. The molecular weight excluding hydrogens is 323 g/mol. The Kier molecular flexibility index (Phi) is 3.61. The second-order valence-electron chi connectivity index (χ2n) is 4.47. The molecule has 92 valence electrons. The first-order valence-corrected chi connectivity index (χ1v) is 6.35. The van der Waals surface area contributed by atoms with Crippen LogP contribution in [0.25, 0.3) is 0 Å². The molecule has 0 saturated carbocycles. The third-order valence-corrected chi connectivity index (χ3v) is 3.89. The van der Waals surface area contributed by atoms with E-state index in [0.29, 0.717) is 0 Å². The lowest BCUT2D eigenvalue weighted by Crippen LogP contribution is -2.48. The molecule has 1 heterocycles. The van der Waals surface area contributed by atoms with E-state index < -0.39 is 5.79 Å². The maximum absolute atomic E-state index is 5.89. The molecule has 0 aromatic carbocycles. The van der Waals surface area contributed by atoms with E-state index in [9.17, 15) is 0 Å². The summed E-state index contributed by atoms with van der Waals surface area (Å²) in [7, 11) is 3.35. The SMILES string of the molecule is CO[C@H]1[C@@H]2OC(C)(C)O[C@@H]2C(I)=C[C@H]1OC. The van der Waals surface area contributed by atoms with Crippen molar-refractivity contribution in [1.29, 1.82) is 0 Å². The molecule has 5 heteroatoms. The second-order valence-corrected chi connectivity index (χ2v) is 5.72. The van der Waals surface area contributed by atoms with Crippen molar-refractivity contribution >= 4 is 22.6 Å². The molecular formula is C11H17IO4. The molecule has 1 fully saturated rings. The Balaban J connectivity index is 2.28. The molecule has 1 aliphatic carbocycles. The van der Waals surface area contributed by atoms with E-state index in [-0.39, 0.29) is 24.4 Å². The van der Waals surface area contributed by atoms with Crippen LogP contribution in [0.4, 0.5) is 0 Å². The minimum absolute atomic E-state index is 0.0352. The van der Waals surface area contributed by atoms with Crippen molar-refractivity contribution in [2.75, 3.05) is 14.2 Å². The van der Waals surface area contributed by atoms with E-state index >= 15 is 0 Å². The molecule has 4 atom stereocenters. The van der Waals surface area contributed by atoms with Gasteiger partial charge in [-0.05, 0) is 42.5 Å². The van der Waals surface area contributed by atoms with E-state index in [1.165, 1.54) is 0 Å². The van der Waals surface area contributed by atoms with E-state index in [0.717, 1.165) is 3.58 Å². The number of rotatable bonds is 2. The molecule has 1 saturated heterocycles. The van der Waals surface area contributed by atoms with Crippen molar-refractivity contribution in [3.8, 4) is 0 Å². The molecule has 2 rings (SSSR count). The van der Waals surface area contributed by atoms with Gasteiger partial charge in [0.2, 0.25) is 0 Å². The molecule has 4 nitrogen and oxygen atoms in total. The smallest absolute Gasteiger partial charge is 0.164 e. The van der Waals surface area contributed by atoms with Crippen molar-refractivity contribution in [3.05, 3.63) is 9.66 Å². The average molecular weight is 340 g/mol. The molecule has 0 spiro atoms. The fraction of sp³-hybridized carbons (Fsp3) is 0.818. The normalized spacial score (nSPS) is 41.7. The van der Waals surface area contributed by atoms with Crippen LogP contribution < -0.4 is 0 Å². The molecule has 0 N–H and O–H groups in total. The zero-order valence-electron chi connectivity index (χ0n) is 9.90. The van der Waals surface area contributed by atoms with Gasteiger partial charge in [0.15, 0.2) is 5.79 Å². The van der Waals surface area contributed by atoms with E-state index in [2.05, 4.69) is 22.6 Å². The van der Waals surface area contributed by atoms with Crippen LogP contribution in [0.1, 0.15) is 13.8 Å². The topological polar surface area (TPSA) is 36.9 Å². The molecule has 1 aliphatic heterocycles. The maximum atomic E-state index is 5.89. The van der Waals surface area contributed by atoms with Crippen molar-refractivity contribution < 1.29 is 18.9 Å². The molecule has 0 unspecified atom stereocenters. The summed E-state index contributed by atoms with van der Waals surface area (Å²) < 4.78 is 23.7. The van der Waals surface area contributed by atoms with Crippen LogP contribution in [0.5, 0.6) is 0 Å². The van der Waals surface area contributed by atoms with Crippen LogP contribution in [0.3, 0.4) is 0 Å². The molecule has 16 heavy (non-hydrogen) atoms. The number of halogens is 1. The van der Waals surface area contributed by atoms with Gasteiger partial charge < -0.3 is 18.9 Å². The minimum atomic E-state index is -0.557. The van der Waals surface area contributed by atoms with Crippen LogP contribution in [0.2, 0.25) is 0 Å². The number of fused-ring (bicyclic) bond motifs is 1. The number of hydrogen-bond acceptors (Lipinski definition) is 4. The Bertz CT molecular complexity index is 302. The molecule has 0 bridgehead atoms. The van der Waals surface area contributed by atoms with Crippen LogP contribution >= 0.6 is 22.6 Å². The van der Waals surface area contributed by atoms with Gasteiger partial charge in [-0.2, -0.15) is 0 Å². The number of methoxy groups -OCH3 is 2. The van der Waals surface area contributed by atoms with Gasteiger partial charge in [0.1, 0.15) is 24.4 Å². The van der Waals surface area contributed by atoms with Crippen molar-refractivity contribution in [1.82, 2.24) is 0 Å². The average Bonchev–Trinajstić information content (AvgIpc) is 2.54. The second kappa shape index (κ2) is 4.53. The predicted molar refractivity (Wildman–Crippen MR) is 67.5 cm³/mol. The summed E-state index contributed by atoms with van der Waals surface area (Å²) in [4.78, 5) is 0. The van der Waals surface area contributed by atoms with Gasteiger partial charge in [0.25, 0.3) is 0 Å². The van der Waals surface area contributed by atoms with Gasteiger partial charge in [-0.1, -0.05) is 0 Å². The largest absolute Gasteiger partial charge is 0.376 e. The summed E-state index contributed by atoms with van der Waals surface area (Å²) in [5.74, 6) is -0.557. The standard InChI is InChI=1S/C11H17IO4/c1-11(2)15-8-6(12)5-7(13-3)9(14-4)10(8)16-11/h5,7-10H,1-4H3/t7-,8-,9-,10-/m1/s1. The summed E-state index contributed by atoms with van der Waals surface area (Å²) in [5, 5.41) is 0. The highest BCUT2D eigenvalue weighted by molar-refractivity contribution is 14.1. The van der Waals surface area contributed by atoms with Gasteiger partial charge in [-0.15, -0.1) is 0 Å². The van der Waals surface area contributed by atoms with E-state index in [1.54, 1.807) is 14.2 Å². The van der Waals surface area contributed by atoms with Crippen molar-refractivity contribution in [2.24, 2.45) is 0 Å². The quantitative estimate of drug-likeness (QED) is 0.720. The molecule has 2 aliphatic rings. The number of hydrogen-bond donors (Lipinski definition) is 0. The highest BCUT2D eigenvalue weighted by Crippen LogP contribution is 2.40. The highest BCUT2D eigenvalue weighted by atomic mass is 127. The van der Waals surface area contributed by atoms with E-state index in [1.807, 2.05) is 19.9 Å². The number of ether oxygens (including phenoxy) is 4. The summed E-state index contributed by atoms with van der Waals surface area (Å²) in [6.07, 6.45) is 1.72. The molecule has 0 radical (unpaired) electrons. The summed E-state index contributed by atoms with van der Waals surface area (Å²) in [6.45, 7) is 3.84. The molecule has 0 amide bonds. The van der Waals surface area contributed by atoms with Crippen LogP contribution in [0.15, 0.2) is 9.66 Å². The minimum Gasteiger partial charge on any atom is -0.376 e. The monoisotopic (exact) mass is 340 g/mol. The first-order valence-electron chi connectivity index (χ1n) is 5.27.